The molecule has 5 saturated carbocycles. The van der Waals surface area contributed by atoms with Crippen LogP contribution < -0.4 is 0 Å². The van der Waals surface area contributed by atoms with E-state index in [1.807, 2.05) is 0 Å². The molecule has 2 unspecified atom stereocenters. The minimum Gasteiger partial charge on any atom is -0.299 e. The minimum absolute atomic E-state index is 0.140. The molecule has 0 aromatic carbocycles. The van der Waals surface area contributed by atoms with Crippen LogP contribution >= 0.6 is 0 Å². The fourth-order valence-corrected chi connectivity index (χ4v) is 6.74. The van der Waals surface area contributed by atoms with Gasteiger partial charge in [0.25, 0.3) is 0 Å². The van der Waals surface area contributed by atoms with Crippen molar-refractivity contribution in [3.63, 3.8) is 0 Å². The smallest absolute Gasteiger partial charge is 0.139 e. The number of Topliss-reactive ketones (excluding diaryl/α,β-unsaturated/α-hetero) is 1. The van der Waals surface area contributed by atoms with Crippen LogP contribution in [0.5, 0.6) is 0 Å². The molecule has 0 radical (unpaired) electrons. The number of carbonyl (C=O) groups excluding carboxylic acids is 1. The Morgan fingerprint density at radius 2 is 1.68 bits per heavy atom. The average molecular weight is 260 g/mol. The number of hydrogen-bond donors (Lipinski definition) is 0. The molecular weight excluding hydrogens is 232 g/mol. The Hall–Kier alpha value is -0.330. The van der Waals surface area contributed by atoms with Crippen molar-refractivity contribution in [2.24, 2.45) is 28.6 Å². The van der Waals surface area contributed by atoms with Gasteiger partial charge in [-0.15, -0.1) is 0 Å². The van der Waals surface area contributed by atoms with Gasteiger partial charge in [-0.2, -0.15) is 0 Å². The van der Waals surface area contributed by atoms with E-state index in [1.165, 1.54) is 64.2 Å². The van der Waals surface area contributed by atoms with Crippen molar-refractivity contribution < 1.29 is 4.79 Å². The summed E-state index contributed by atoms with van der Waals surface area (Å²) < 4.78 is 0. The summed E-state index contributed by atoms with van der Waals surface area (Å²) in [7, 11) is 0. The fourth-order valence-electron chi connectivity index (χ4n) is 6.74. The Morgan fingerprint density at radius 1 is 1.05 bits per heavy atom. The zero-order chi connectivity index (χ0) is 13.1. The van der Waals surface area contributed by atoms with Crippen molar-refractivity contribution in [3.8, 4) is 0 Å². The molecule has 5 fully saturated rings. The Morgan fingerprint density at radius 3 is 2.26 bits per heavy atom. The van der Waals surface area contributed by atoms with E-state index in [0.717, 1.165) is 24.2 Å². The number of hydrogen-bond acceptors (Lipinski definition) is 1. The molecule has 0 aromatic heterocycles. The molecule has 2 atom stereocenters. The van der Waals surface area contributed by atoms with Crippen LogP contribution in [0.25, 0.3) is 0 Å². The van der Waals surface area contributed by atoms with Crippen LogP contribution in [0.15, 0.2) is 0 Å². The molecule has 0 heterocycles. The van der Waals surface area contributed by atoms with Gasteiger partial charge in [0.2, 0.25) is 0 Å². The Labute approximate surface area is 117 Å². The quantitative estimate of drug-likeness (QED) is 0.716. The molecule has 0 saturated heterocycles. The van der Waals surface area contributed by atoms with Crippen molar-refractivity contribution in [1.29, 1.82) is 0 Å². The van der Waals surface area contributed by atoms with Crippen LogP contribution in [0.3, 0.4) is 0 Å². The third-order valence-corrected chi connectivity index (χ3v) is 6.89. The SMILES string of the molecule is CC12CC3CC(C1)CC(C(=O)CC1CCCC1)(C3)C2. The van der Waals surface area contributed by atoms with E-state index in [1.54, 1.807) is 0 Å². The Balaban J connectivity index is 1.54. The molecule has 1 heteroatoms. The molecule has 0 spiro atoms. The molecule has 5 rings (SSSR count). The van der Waals surface area contributed by atoms with Gasteiger partial charge in [-0.25, -0.2) is 0 Å². The summed E-state index contributed by atoms with van der Waals surface area (Å²) in [5.41, 5.74) is 0.664. The third-order valence-electron chi connectivity index (χ3n) is 6.89. The maximum Gasteiger partial charge on any atom is 0.139 e. The molecule has 5 aliphatic rings. The lowest BCUT2D eigenvalue weighted by Gasteiger charge is -2.60. The van der Waals surface area contributed by atoms with Crippen LogP contribution in [-0.2, 0) is 4.79 Å². The van der Waals surface area contributed by atoms with Crippen molar-refractivity contribution in [3.05, 3.63) is 0 Å². The second-order valence-corrected chi connectivity index (χ2v) is 8.83. The first-order valence-corrected chi connectivity index (χ1v) is 8.60. The summed E-state index contributed by atoms with van der Waals surface area (Å²) in [5.74, 6) is 3.20. The molecule has 19 heavy (non-hydrogen) atoms. The lowest BCUT2D eigenvalue weighted by molar-refractivity contribution is -0.153. The van der Waals surface area contributed by atoms with Gasteiger partial charge < -0.3 is 0 Å². The monoisotopic (exact) mass is 260 g/mol. The van der Waals surface area contributed by atoms with Crippen molar-refractivity contribution in [1.82, 2.24) is 0 Å². The van der Waals surface area contributed by atoms with E-state index in [9.17, 15) is 4.79 Å². The highest BCUT2D eigenvalue weighted by Gasteiger charge is 2.58. The normalized spacial score (nSPS) is 48.9. The largest absolute Gasteiger partial charge is 0.299 e. The van der Waals surface area contributed by atoms with Crippen molar-refractivity contribution >= 4 is 5.78 Å². The molecule has 0 aliphatic heterocycles. The summed E-state index contributed by atoms with van der Waals surface area (Å²) >= 11 is 0. The van der Waals surface area contributed by atoms with Gasteiger partial charge in [0.05, 0.1) is 0 Å². The summed E-state index contributed by atoms with van der Waals surface area (Å²) in [4.78, 5) is 13.0. The predicted molar refractivity (Wildman–Crippen MR) is 76.8 cm³/mol. The highest BCUT2D eigenvalue weighted by Crippen LogP contribution is 2.65. The highest BCUT2D eigenvalue weighted by molar-refractivity contribution is 5.85. The van der Waals surface area contributed by atoms with Crippen LogP contribution in [0.2, 0.25) is 0 Å². The Kier molecular flexibility index (Phi) is 2.67. The Bertz CT molecular complexity index is 376. The maximum absolute atomic E-state index is 13.0. The van der Waals surface area contributed by atoms with Crippen molar-refractivity contribution in [2.45, 2.75) is 77.6 Å². The van der Waals surface area contributed by atoms with Crippen LogP contribution in [0.4, 0.5) is 0 Å². The molecule has 0 amide bonds. The molecule has 5 aliphatic carbocycles. The zero-order valence-electron chi connectivity index (χ0n) is 12.4. The van der Waals surface area contributed by atoms with Gasteiger partial charge in [0.15, 0.2) is 0 Å². The van der Waals surface area contributed by atoms with Crippen LogP contribution in [0.1, 0.15) is 77.6 Å². The van der Waals surface area contributed by atoms with E-state index < -0.39 is 0 Å². The van der Waals surface area contributed by atoms with E-state index >= 15 is 0 Å². The minimum atomic E-state index is 0.140. The standard InChI is InChI=1S/C18H28O/c1-17-8-14-6-15(9-17)11-18(10-14,12-17)16(19)7-13-4-2-3-5-13/h13-15H,2-12H2,1H3. The zero-order valence-corrected chi connectivity index (χ0v) is 12.4. The predicted octanol–water partition coefficient (Wildman–Crippen LogP) is 4.74. The van der Waals surface area contributed by atoms with Crippen molar-refractivity contribution in [2.75, 3.05) is 0 Å². The van der Waals surface area contributed by atoms with Gasteiger partial charge in [-0.1, -0.05) is 32.6 Å². The highest BCUT2D eigenvalue weighted by atomic mass is 16.1. The second kappa shape index (κ2) is 4.09. The van der Waals surface area contributed by atoms with E-state index in [-0.39, 0.29) is 5.41 Å². The van der Waals surface area contributed by atoms with E-state index in [4.69, 9.17) is 0 Å². The fraction of sp³-hybridized carbons (Fsp3) is 0.944. The van der Waals surface area contributed by atoms with E-state index in [2.05, 4.69) is 6.92 Å². The first-order chi connectivity index (χ1) is 9.07. The molecule has 1 nitrogen and oxygen atoms in total. The maximum atomic E-state index is 13.0. The van der Waals surface area contributed by atoms with Gasteiger partial charge in [0, 0.05) is 11.8 Å². The summed E-state index contributed by atoms with van der Waals surface area (Å²) in [6, 6.07) is 0. The first kappa shape index (κ1) is 12.4. The second-order valence-electron chi connectivity index (χ2n) is 8.83. The van der Waals surface area contributed by atoms with Gasteiger partial charge in [-0.3, -0.25) is 4.79 Å². The molecule has 4 bridgehead atoms. The number of rotatable bonds is 3. The molecular formula is C18H28O. The lowest BCUT2D eigenvalue weighted by Crippen LogP contribution is -2.54. The molecule has 106 valence electrons. The summed E-state index contributed by atoms with van der Waals surface area (Å²) in [6.07, 6.45) is 14.3. The van der Waals surface area contributed by atoms with Gasteiger partial charge in [0.1, 0.15) is 5.78 Å². The van der Waals surface area contributed by atoms with E-state index in [0.29, 0.717) is 11.2 Å². The first-order valence-electron chi connectivity index (χ1n) is 8.60. The third kappa shape index (κ3) is 1.99. The summed E-state index contributed by atoms with van der Waals surface area (Å²) in [5, 5.41) is 0. The number of carbonyl (C=O) groups is 1. The molecule has 0 aromatic rings. The summed E-state index contributed by atoms with van der Waals surface area (Å²) in [6.45, 7) is 2.47. The average Bonchev–Trinajstić information content (AvgIpc) is 2.78. The topological polar surface area (TPSA) is 17.1 Å². The van der Waals surface area contributed by atoms with Gasteiger partial charge in [-0.05, 0) is 61.7 Å². The number of ketones is 1. The molecule has 0 N–H and O–H groups in total. The van der Waals surface area contributed by atoms with Gasteiger partial charge >= 0.3 is 0 Å². The van der Waals surface area contributed by atoms with Crippen LogP contribution in [0, 0.1) is 28.6 Å². The lowest BCUT2D eigenvalue weighted by atomic mass is 9.43. The van der Waals surface area contributed by atoms with Crippen LogP contribution in [-0.4, -0.2) is 5.78 Å².